The second kappa shape index (κ2) is 5.67. The van der Waals surface area contributed by atoms with Crippen LogP contribution in [0.15, 0.2) is 40.7 Å². The molecule has 1 aromatic carbocycles. The van der Waals surface area contributed by atoms with Crippen LogP contribution >= 0.6 is 11.3 Å². The van der Waals surface area contributed by atoms with Gasteiger partial charge >= 0.3 is 0 Å². The molecule has 116 valence electrons. The average molecular weight is 338 g/mol. The molecule has 1 aliphatic heterocycles. The number of nitrogens with one attached hydrogen (secondary N) is 1. The molecule has 3 rings (SSSR count). The lowest BCUT2D eigenvalue weighted by Gasteiger charge is -2.16. The predicted octanol–water partition coefficient (Wildman–Crippen LogP) is 1.01. The first-order valence-electron chi connectivity index (χ1n) is 6.57. The van der Waals surface area contributed by atoms with Crippen LogP contribution in [0.3, 0.4) is 0 Å². The highest BCUT2D eigenvalue weighted by molar-refractivity contribution is 7.91. The summed E-state index contributed by atoms with van der Waals surface area (Å²) in [5.41, 5.74) is 0.848. The number of anilines is 2. The number of benzene rings is 1. The Labute approximate surface area is 131 Å². The molecule has 2 aromatic rings. The second-order valence-corrected chi connectivity index (χ2v) is 7.66. The Morgan fingerprint density at radius 1 is 1.32 bits per heavy atom. The van der Waals surface area contributed by atoms with Crippen molar-refractivity contribution in [1.82, 2.24) is 4.98 Å². The van der Waals surface area contributed by atoms with Crippen LogP contribution in [0.2, 0.25) is 0 Å². The number of carbonyl (C=O) groups excluding carboxylic acids is 1. The van der Waals surface area contributed by atoms with E-state index in [0.717, 1.165) is 17.0 Å². The first-order chi connectivity index (χ1) is 10.4. The van der Waals surface area contributed by atoms with Gasteiger partial charge in [-0.3, -0.25) is 4.79 Å². The summed E-state index contributed by atoms with van der Waals surface area (Å²) in [4.78, 5) is 18.1. The van der Waals surface area contributed by atoms with Crippen LogP contribution < -0.4 is 15.4 Å². The third kappa shape index (κ3) is 2.96. The van der Waals surface area contributed by atoms with Crippen LogP contribution in [-0.4, -0.2) is 31.9 Å². The van der Waals surface area contributed by atoms with E-state index in [0.29, 0.717) is 18.1 Å². The molecule has 1 fully saturated rings. The van der Waals surface area contributed by atoms with Crippen molar-refractivity contribution in [3.63, 3.8) is 0 Å². The van der Waals surface area contributed by atoms with Gasteiger partial charge in [-0.1, -0.05) is 29.5 Å². The average Bonchev–Trinajstić information content (AvgIpc) is 3.08. The van der Waals surface area contributed by atoms with Gasteiger partial charge < -0.3 is 10.2 Å². The number of rotatable bonds is 4. The molecule has 0 spiro atoms. The van der Waals surface area contributed by atoms with E-state index in [2.05, 4.69) is 10.3 Å². The van der Waals surface area contributed by atoms with E-state index in [-0.39, 0.29) is 10.1 Å². The van der Waals surface area contributed by atoms with E-state index < -0.39 is 16.1 Å². The number of nitrogens with two attached hydrogens (primary N) is 1. The maximum absolute atomic E-state index is 12.4. The van der Waals surface area contributed by atoms with E-state index in [4.69, 9.17) is 5.14 Å². The third-order valence-electron chi connectivity index (χ3n) is 3.34. The summed E-state index contributed by atoms with van der Waals surface area (Å²) in [5.74, 6) is -0.0569. The molecule has 1 unspecified atom stereocenters. The van der Waals surface area contributed by atoms with Crippen molar-refractivity contribution >= 4 is 38.1 Å². The van der Waals surface area contributed by atoms with Crippen molar-refractivity contribution in [3.05, 3.63) is 36.5 Å². The van der Waals surface area contributed by atoms with Crippen molar-refractivity contribution in [2.24, 2.45) is 5.14 Å². The molecule has 3 N–H and O–H groups in total. The lowest BCUT2D eigenvalue weighted by atomic mass is 10.2. The Morgan fingerprint density at radius 2 is 2.05 bits per heavy atom. The van der Waals surface area contributed by atoms with Crippen LogP contribution in [0.4, 0.5) is 10.8 Å². The molecular weight excluding hydrogens is 324 g/mol. The molecular formula is C13H14N4O3S2. The van der Waals surface area contributed by atoms with Gasteiger partial charge in [0.1, 0.15) is 6.04 Å². The Kier molecular flexibility index (Phi) is 3.85. The number of thiazole rings is 1. The Hall–Kier alpha value is -1.97. The highest BCUT2D eigenvalue weighted by Gasteiger charge is 2.33. The van der Waals surface area contributed by atoms with Gasteiger partial charge in [0.25, 0.3) is 0 Å². The monoisotopic (exact) mass is 338 g/mol. The topological polar surface area (TPSA) is 105 Å². The zero-order chi connectivity index (χ0) is 15.7. The van der Waals surface area contributed by atoms with E-state index >= 15 is 0 Å². The zero-order valence-corrected chi connectivity index (χ0v) is 13.1. The summed E-state index contributed by atoms with van der Waals surface area (Å²) in [6.45, 7) is 0.605. The lowest BCUT2D eigenvalue weighted by Crippen LogP contribution is -2.33. The van der Waals surface area contributed by atoms with Crippen LogP contribution in [0.25, 0.3) is 0 Å². The Balaban J connectivity index is 1.72. The fourth-order valence-electron chi connectivity index (χ4n) is 2.28. The van der Waals surface area contributed by atoms with Gasteiger partial charge in [-0.15, -0.1) is 0 Å². The minimum absolute atomic E-state index is 0.0274. The number of hydrogen-bond acceptors (Lipinski definition) is 6. The molecule has 1 atom stereocenters. The summed E-state index contributed by atoms with van der Waals surface area (Å²) in [5, 5.41) is 8.39. The summed E-state index contributed by atoms with van der Waals surface area (Å²) in [7, 11) is -3.76. The van der Waals surface area contributed by atoms with Crippen LogP contribution in [0, 0.1) is 0 Å². The Bertz CT molecular complexity index is 789. The van der Waals surface area contributed by atoms with Crippen molar-refractivity contribution < 1.29 is 13.2 Å². The minimum Gasteiger partial charge on any atom is -0.350 e. The molecule has 1 aromatic heterocycles. The third-order valence-corrected chi connectivity index (χ3v) is 5.67. The molecule has 0 bridgehead atoms. The summed E-state index contributed by atoms with van der Waals surface area (Å²) < 4.78 is 22.4. The van der Waals surface area contributed by atoms with Gasteiger partial charge in [-0.05, 0) is 18.6 Å². The number of hydrogen-bond donors (Lipinski definition) is 2. The minimum atomic E-state index is -3.76. The summed E-state index contributed by atoms with van der Waals surface area (Å²) in [6, 6.07) is 8.99. The normalized spacial score (nSPS) is 18.7. The van der Waals surface area contributed by atoms with E-state index in [1.54, 1.807) is 4.90 Å². The lowest BCUT2D eigenvalue weighted by molar-refractivity contribution is -0.117. The zero-order valence-electron chi connectivity index (χ0n) is 11.5. The van der Waals surface area contributed by atoms with E-state index in [1.165, 1.54) is 6.20 Å². The quantitative estimate of drug-likeness (QED) is 0.865. The van der Waals surface area contributed by atoms with Gasteiger partial charge in [0.05, 0.1) is 6.20 Å². The number of sulfonamides is 1. The highest BCUT2D eigenvalue weighted by Crippen LogP contribution is 2.26. The molecule has 9 heteroatoms. The maximum atomic E-state index is 12.4. The largest absolute Gasteiger partial charge is 0.350 e. The van der Waals surface area contributed by atoms with Gasteiger partial charge in [-0.25, -0.2) is 18.5 Å². The second-order valence-electron chi connectivity index (χ2n) is 4.84. The molecule has 1 saturated heterocycles. The van der Waals surface area contributed by atoms with Crippen molar-refractivity contribution in [1.29, 1.82) is 0 Å². The van der Waals surface area contributed by atoms with Crippen LogP contribution in [0.5, 0.6) is 0 Å². The van der Waals surface area contributed by atoms with Crippen LogP contribution in [-0.2, 0) is 14.8 Å². The number of carbonyl (C=O) groups is 1. The SMILES string of the molecule is NS(=O)(=O)c1cnc(NC2CCN(c3ccccc3)C2=O)s1. The maximum Gasteiger partial charge on any atom is 0.249 e. The molecule has 22 heavy (non-hydrogen) atoms. The fraction of sp³-hybridized carbons (Fsp3) is 0.231. The standard InChI is InChI=1S/C13H14N4O3S2/c14-22(19,20)11-8-15-13(21-11)16-10-6-7-17(12(10)18)9-4-2-1-3-5-9/h1-5,8,10H,6-7H2,(H,15,16)(H2,14,19,20). The van der Waals surface area contributed by atoms with E-state index in [9.17, 15) is 13.2 Å². The van der Waals surface area contributed by atoms with Gasteiger partial charge in [0.2, 0.25) is 15.9 Å². The molecule has 1 amide bonds. The van der Waals surface area contributed by atoms with Gasteiger partial charge in [0.15, 0.2) is 9.34 Å². The number of primary sulfonamides is 1. The first-order valence-corrected chi connectivity index (χ1v) is 8.93. The van der Waals surface area contributed by atoms with Crippen LogP contribution in [0.1, 0.15) is 6.42 Å². The molecule has 0 aliphatic carbocycles. The van der Waals surface area contributed by atoms with Crippen molar-refractivity contribution in [2.45, 2.75) is 16.7 Å². The summed E-state index contributed by atoms with van der Waals surface area (Å²) in [6.07, 6.45) is 1.81. The number of para-hydroxylation sites is 1. The number of aromatic nitrogens is 1. The van der Waals surface area contributed by atoms with Gasteiger partial charge in [-0.2, -0.15) is 0 Å². The molecule has 0 radical (unpaired) electrons. The first kappa shape index (κ1) is 14.9. The number of nitrogens with zero attached hydrogens (tertiary/aromatic N) is 2. The smallest absolute Gasteiger partial charge is 0.249 e. The predicted molar refractivity (Wildman–Crippen MR) is 84.3 cm³/mol. The molecule has 1 aliphatic rings. The van der Waals surface area contributed by atoms with E-state index in [1.807, 2.05) is 30.3 Å². The fourth-order valence-corrected chi connectivity index (χ4v) is 3.79. The van der Waals surface area contributed by atoms with Gasteiger partial charge in [0, 0.05) is 12.2 Å². The summed E-state index contributed by atoms with van der Waals surface area (Å²) >= 11 is 0.920. The molecule has 7 nitrogen and oxygen atoms in total. The van der Waals surface area contributed by atoms with Crippen molar-refractivity contribution in [2.75, 3.05) is 16.8 Å². The molecule has 2 heterocycles. The highest BCUT2D eigenvalue weighted by atomic mass is 32.2. The molecule has 0 saturated carbocycles. The van der Waals surface area contributed by atoms with Crippen molar-refractivity contribution in [3.8, 4) is 0 Å². The Morgan fingerprint density at radius 3 is 2.68 bits per heavy atom. The number of amides is 1.